The van der Waals surface area contributed by atoms with Gasteiger partial charge in [0.05, 0.1) is 30.1 Å². The van der Waals surface area contributed by atoms with Crippen LogP contribution in [0.2, 0.25) is 0 Å². The number of nitrogens with zero attached hydrogens (tertiary/aromatic N) is 9. The third-order valence-corrected chi connectivity index (χ3v) is 5.71. The lowest BCUT2D eigenvalue weighted by molar-refractivity contribution is -0.273. The molecule has 1 N–H and O–H groups in total. The smallest absolute Gasteiger partial charge is 0.303 e. The van der Waals surface area contributed by atoms with Crippen molar-refractivity contribution in [3.8, 4) is 0 Å². The first-order valence-corrected chi connectivity index (χ1v) is 10.5. The van der Waals surface area contributed by atoms with Crippen LogP contribution < -0.4 is 0 Å². The van der Waals surface area contributed by atoms with Crippen LogP contribution in [0.5, 0.6) is 0 Å². The normalized spacial score (nSPS) is 35.5. The first kappa shape index (κ1) is 28.3. The van der Waals surface area contributed by atoms with Crippen molar-refractivity contribution >= 4 is 24.5 Å². The predicted molar refractivity (Wildman–Crippen MR) is 114 cm³/mol. The Balaban J connectivity index is 2.47. The number of azide groups is 3. The van der Waals surface area contributed by atoms with Gasteiger partial charge in [-0.3, -0.25) is 9.59 Å². The number of carbonyl (C=O) groups is 4. The molecular weight excluding hydrogens is 486 g/mol. The lowest BCUT2D eigenvalue weighted by atomic mass is 9.81. The highest BCUT2D eigenvalue weighted by atomic mass is 16.7. The molecule has 2 rings (SSSR count). The molecule has 0 aromatic rings. The number of esters is 2. The van der Waals surface area contributed by atoms with Crippen molar-refractivity contribution < 1.29 is 43.2 Å². The molecule has 0 aromatic heterocycles. The van der Waals surface area contributed by atoms with E-state index >= 15 is 0 Å². The highest BCUT2D eigenvalue weighted by Crippen LogP contribution is 2.36. The molecule has 0 amide bonds. The van der Waals surface area contributed by atoms with Crippen LogP contribution in [0.4, 0.5) is 0 Å². The first-order chi connectivity index (χ1) is 17.2. The van der Waals surface area contributed by atoms with E-state index in [1.807, 2.05) is 0 Å². The largest absolute Gasteiger partial charge is 0.463 e. The summed E-state index contributed by atoms with van der Waals surface area (Å²) >= 11 is 0. The fourth-order valence-corrected chi connectivity index (χ4v) is 4.19. The molecule has 2 aliphatic rings. The summed E-state index contributed by atoms with van der Waals surface area (Å²) in [5, 5.41) is 21.5. The average Bonchev–Trinajstić information content (AvgIpc) is 2.83. The fourth-order valence-electron chi connectivity index (χ4n) is 4.19. The Morgan fingerprint density at radius 1 is 0.972 bits per heavy atom. The Kier molecular flexibility index (Phi) is 10.4. The summed E-state index contributed by atoms with van der Waals surface area (Å²) in [5.41, 5.74) is 26.9. The van der Waals surface area contributed by atoms with Gasteiger partial charge in [-0.05, 0) is 23.0 Å². The molecule has 10 atom stereocenters. The van der Waals surface area contributed by atoms with E-state index in [0.29, 0.717) is 12.6 Å². The molecule has 0 aromatic carbocycles. The highest BCUT2D eigenvalue weighted by Gasteiger charge is 2.51. The van der Waals surface area contributed by atoms with Crippen LogP contribution in [0.25, 0.3) is 31.3 Å². The molecule has 1 heterocycles. The van der Waals surface area contributed by atoms with Gasteiger partial charge < -0.3 is 33.6 Å². The van der Waals surface area contributed by atoms with E-state index in [-0.39, 0.29) is 6.42 Å². The molecule has 36 heavy (non-hydrogen) atoms. The van der Waals surface area contributed by atoms with Crippen LogP contribution >= 0.6 is 0 Å². The van der Waals surface area contributed by atoms with E-state index in [1.165, 1.54) is 0 Å². The summed E-state index contributed by atoms with van der Waals surface area (Å²) in [6.45, 7) is 1.73. The zero-order valence-electron chi connectivity index (χ0n) is 19.1. The maximum absolute atomic E-state index is 11.9. The molecule has 1 saturated carbocycles. The zero-order valence-corrected chi connectivity index (χ0v) is 19.1. The molecule has 1 aliphatic carbocycles. The molecule has 0 radical (unpaired) electrons. The molecule has 0 bridgehead atoms. The van der Waals surface area contributed by atoms with E-state index in [2.05, 4.69) is 30.1 Å². The average molecular weight is 509 g/mol. The second-order valence-corrected chi connectivity index (χ2v) is 7.91. The lowest BCUT2D eigenvalue weighted by Gasteiger charge is -2.46. The van der Waals surface area contributed by atoms with Crippen molar-refractivity contribution in [1.82, 2.24) is 0 Å². The summed E-state index contributed by atoms with van der Waals surface area (Å²) in [6.07, 6.45) is -6.86. The maximum Gasteiger partial charge on any atom is 0.303 e. The van der Waals surface area contributed by atoms with Crippen LogP contribution in [0.15, 0.2) is 15.3 Å². The summed E-state index contributed by atoms with van der Waals surface area (Å²) < 4.78 is 21.6. The molecule has 5 unspecified atom stereocenters. The Hall–Kier alpha value is -3.91. The Bertz CT molecular complexity index is 993. The van der Waals surface area contributed by atoms with Gasteiger partial charge in [0.1, 0.15) is 37.5 Å². The maximum atomic E-state index is 11.9. The monoisotopic (exact) mass is 509 g/mol. The summed E-state index contributed by atoms with van der Waals surface area (Å²) in [6, 6.07) is -3.73. The topological polar surface area (TPSA) is 272 Å². The van der Waals surface area contributed by atoms with Gasteiger partial charge in [-0.15, -0.1) is 0 Å². The van der Waals surface area contributed by atoms with E-state index in [9.17, 15) is 24.3 Å². The summed E-state index contributed by atoms with van der Waals surface area (Å²) in [4.78, 5) is 54.5. The van der Waals surface area contributed by atoms with Crippen molar-refractivity contribution in [2.45, 2.75) is 69.1 Å². The lowest BCUT2D eigenvalue weighted by Crippen LogP contribution is -2.61. The van der Waals surface area contributed by atoms with Gasteiger partial charge in [0.2, 0.25) is 0 Å². The molecule has 0 spiro atoms. The highest BCUT2D eigenvalue weighted by molar-refractivity contribution is 5.68. The van der Waals surface area contributed by atoms with Crippen LogP contribution in [-0.4, -0.2) is 85.1 Å². The molecule has 1 aliphatic heterocycles. The number of aldehydes is 2. The van der Waals surface area contributed by atoms with Crippen LogP contribution in [0, 0.1) is 11.8 Å². The quantitative estimate of drug-likeness (QED) is 0.144. The van der Waals surface area contributed by atoms with Crippen molar-refractivity contribution in [3.63, 3.8) is 0 Å². The number of aliphatic hydroxyl groups is 1. The number of ether oxygens (including phenoxy) is 4. The molecule has 2 fully saturated rings. The molecule has 18 nitrogen and oxygen atoms in total. The minimum atomic E-state index is -1.73. The Morgan fingerprint density at radius 3 is 2.06 bits per heavy atom. The zero-order chi connectivity index (χ0) is 26.8. The Labute approximate surface area is 202 Å². The molecular formula is C18H23N9O9. The summed E-state index contributed by atoms with van der Waals surface area (Å²) in [7, 11) is 0. The van der Waals surface area contributed by atoms with Gasteiger partial charge in [-0.2, -0.15) is 0 Å². The van der Waals surface area contributed by atoms with Gasteiger partial charge in [0, 0.05) is 34.5 Å². The van der Waals surface area contributed by atoms with Crippen molar-refractivity contribution in [2.75, 3.05) is 6.61 Å². The standard InChI is InChI=1S/C18H23N9O9/c1-7(30)33-6-13-9(4-28)10(5-29)14(24-27-21)18(35-13)36-17-12(23-26-20)3-11(22-25-19)16(15(17)32)34-8(2)31/h4-5,9-18,32H,3,6H2,1-2H3/t9-,10?,11+,12?,13?,14?,15?,16+,17+,18+/m0/s1. The third-order valence-electron chi connectivity index (χ3n) is 5.71. The minimum absolute atomic E-state index is 0.211. The second kappa shape index (κ2) is 13.3. The van der Waals surface area contributed by atoms with E-state index in [1.54, 1.807) is 0 Å². The number of aliphatic hydroxyl groups excluding tert-OH is 1. The van der Waals surface area contributed by atoms with Gasteiger partial charge in [0.25, 0.3) is 0 Å². The van der Waals surface area contributed by atoms with Crippen LogP contribution in [0.1, 0.15) is 20.3 Å². The van der Waals surface area contributed by atoms with E-state index in [0.717, 1.165) is 13.8 Å². The predicted octanol–water partition coefficient (Wildman–Crippen LogP) is 1.02. The second-order valence-electron chi connectivity index (χ2n) is 7.91. The minimum Gasteiger partial charge on any atom is -0.463 e. The van der Waals surface area contributed by atoms with Crippen LogP contribution in [-0.2, 0) is 38.1 Å². The Morgan fingerprint density at radius 2 is 1.56 bits per heavy atom. The van der Waals surface area contributed by atoms with Gasteiger partial charge in [0.15, 0.2) is 6.29 Å². The van der Waals surface area contributed by atoms with E-state index in [4.69, 9.17) is 35.5 Å². The number of carbonyl (C=O) groups excluding carboxylic acids is 4. The fraction of sp³-hybridized carbons (Fsp3) is 0.778. The third kappa shape index (κ3) is 6.60. The van der Waals surface area contributed by atoms with Gasteiger partial charge in [-0.25, -0.2) is 0 Å². The number of rotatable bonds is 10. The SMILES string of the molecule is CC(=O)OCC1O[C@H](O[C@@H]2C(N=[N+]=[N-])C[C@@H](N=[N+]=[N-])[C@@H](OC(C)=O)C2O)C(N=[N+]=[N-])C(C=O)[C@@H]1C=O. The molecule has 194 valence electrons. The summed E-state index contributed by atoms with van der Waals surface area (Å²) in [5.74, 6) is -3.95. The van der Waals surface area contributed by atoms with Gasteiger partial charge >= 0.3 is 11.9 Å². The van der Waals surface area contributed by atoms with Crippen LogP contribution in [0.3, 0.4) is 0 Å². The van der Waals surface area contributed by atoms with Crippen molar-refractivity contribution in [2.24, 2.45) is 27.2 Å². The number of hydrogen-bond donors (Lipinski definition) is 1. The van der Waals surface area contributed by atoms with Crippen molar-refractivity contribution in [1.29, 1.82) is 0 Å². The van der Waals surface area contributed by atoms with Gasteiger partial charge in [-0.1, -0.05) is 15.3 Å². The van der Waals surface area contributed by atoms with E-state index < -0.39 is 79.2 Å². The van der Waals surface area contributed by atoms with Crippen molar-refractivity contribution in [3.05, 3.63) is 31.3 Å². The number of hydrogen-bond acceptors (Lipinski definition) is 12. The molecule has 1 saturated heterocycles. The molecule has 18 heteroatoms. The first-order valence-electron chi connectivity index (χ1n) is 10.5.